The highest BCUT2D eigenvalue weighted by atomic mass is 19.1. The Morgan fingerprint density at radius 2 is 1.18 bits per heavy atom. The molecular weight excluding hydrogens is 857 g/mol. The average molecular weight is 922 g/mol. The van der Waals surface area contributed by atoms with Crippen molar-refractivity contribution < 1.29 is 32.7 Å². The number of anilines is 1. The Hall–Kier alpha value is -6.06. The first-order valence-corrected chi connectivity index (χ1v) is 23.9. The number of carbonyl (C=O) groups is 4. The van der Waals surface area contributed by atoms with Crippen molar-refractivity contribution in [3.8, 4) is 0 Å². The first kappa shape index (κ1) is 47.4. The molecule has 14 nitrogen and oxygen atoms in total. The van der Waals surface area contributed by atoms with Gasteiger partial charge in [-0.05, 0) is 109 Å². The molecule has 3 aromatic carbocycles. The SMILES string of the molecule is CCC(=O)N[C@H](C(=O)N1CCC[C@H]1c1nc2c(F)cc(C3CCC(c4cc(F)c5nc([C@@H]6CCCN6C(=O)[C@@H](NC(=O)OC)C(C)C)[nH]c5c4)N3c3ccc(C(C)(C)C)cc3)cc2[nH]1)C(C)C. The number of hydrogen-bond donors (Lipinski definition) is 4. The molecule has 0 bridgehead atoms. The Balaban J connectivity index is 1.12. The summed E-state index contributed by atoms with van der Waals surface area (Å²) in [6.07, 6.45) is 3.62. The molecule has 4 N–H and O–H groups in total. The molecule has 2 aromatic heterocycles. The van der Waals surface area contributed by atoms with Crippen molar-refractivity contribution in [2.24, 2.45) is 11.8 Å². The molecule has 5 heterocycles. The number of benzene rings is 3. The second kappa shape index (κ2) is 18.9. The normalized spacial score (nSPS) is 20.9. The van der Waals surface area contributed by atoms with Gasteiger partial charge in [0.2, 0.25) is 17.7 Å². The number of imidazole rings is 2. The number of aromatic amines is 2. The number of carbonyl (C=O) groups excluding carboxylic acids is 4. The standard InChI is InChI=1S/C51H65F2N9O5/c1-10-41(63)56-42(27(2)3)48(64)60-21-11-13-39(60)46-54-35-25-29(23-33(52)44(35)57-46)37-19-20-38(62(37)32-17-15-31(16-18-32)51(6,7)8)30-24-34(53)45-36(26-30)55-47(58-45)40-14-12-22-61(40)49(65)43(28(4)5)59-50(66)67-9/h15-18,23-28,37-40,42-43H,10-14,19-22H2,1-9H3,(H,54,57)(H,55,58)(H,56,63)(H,59,66)/t37?,38?,39-,40-,42-,43-/m0/s1. The molecule has 358 valence electrons. The molecule has 8 rings (SSSR count). The van der Waals surface area contributed by atoms with Crippen LogP contribution in [0.1, 0.15) is 153 Å². The van der Waals surface area contributed by atoms with E-state index in [2.05, 4.69) is 70.5 Å². The van der Waals surface area contributed by atoms with Crippen LogP contribution < -0.4 is 15.5 Å². The van der Waals surface area contributed by atoms with Gasteiger partial charge in [0.1, 0.15) is 34.8 Å². The van der Waals surface area contributed by atoms with E-state index in [-0.39, 0.29) is 64.5 Å². The Bertz CT molecular complexity index is 2500. The van der Waals surface area contributed by atoms with Crippen LogP contribution in [0.3, 0.4) is 0 Å². The molecule has 2 unspecified atom stereocenters. The minimum absolute atomic E-state index is 0.0902. The summed E-state index contributed by atoms with van der Waals surface area (Å²) >= 11 is 0. The fourth-order valence-electron chi connectivity index (χ4n) is 10.4. The van der Waals surface area contributed by atoms with Crippen LogP contribution in [0.4, 0.5) is 19.3 Å². The number of alkyl carbamates (subject to hydrolysis) is 1. The van der Waals surface area contributed by atoms with Crippen molar-refractivity contribution in [1.82, 2.24) is 40.4 Å². The van der Waals surface area contributed by atoms with Gasteiger partial charge >= 0.3 is 6.09 Å². The summed E-state index contributed by atoms with van der Waals surface area (Å²) in [5, 5.41) is 5.57. The van der Waals surface area contributed by atoms with Crippen molar-refractivity contribution in [3.63, 3.8) is 0 Å². The van der Waals surface area contributed by atoms with E-state index in [1.165, 1.54) is 7.11 Å². The Kier molecular flexibility index (Phi) is 13.4. The van der Waals surface area contributed by atoms with Crippen LogP contribution in [0.15, 0.2) is 48.5 Å². The highest BCUT2D eigenvalue weighted by molar-refractivity contribution is 5.89. The molecule has 16 heteroatoms. The average Bonchev–Trinajstić information content (AvgIpc) is 4.15. The van der Waals surface area contributed by atoms with Gasteiger partial charge in [-0.2, -0.15) is 0 Å². The van der Waals surface area contributed by atoms with Gasteiger partial charge in [-0.3, -0.25) is 14.4 Å². The number of likely N-dealkylation sites (tertiary alicyclic amines) is 2. The number of nitrogens with zero attached hydrogens (tertiary/aromatic N) is 5. The largest absolute Gasteiger partial charge is 0.453 e. The Labute approximate surface area is 391 Å². The van der Waals surface area contributed by atoms with Gasteiger partial charge in [0.05, 0.1) is 42.3 Å². The number of aromatic nitrogens is 4. The highest BCUT2D eigenvalue weighted by Gasteiger charge is 2.41. The quantitative estimate of drug-likeness (QED) is 0.0960. The van der Waals surface area contributed by atoms with E-state index in [0.29, 0.717) is 61.5 Å². The summed E-state index contributed by atoms with van der Waals surface area (Å²) in [7, 11) is 1.26. The Morgan fingerprint density at radius 1 is 0.716 bits per heavy atom. The number of nitrogens with one attached hydrogen (secondary N) is 4. The van der Waals surface area contributed by atoms with Crippen molar-refractivity contribution in [1.29, 1.82) is 0 Å². The molecule has 0 saturated carbocycles. The smallest absolute Gasteiger partial charge is 0.407 e. The van der Waals surface area contributed by atoms with Crippen LogP contribution in [-0.2, 0) is 24.5 Å². The lowest BCUT2D eigenvalue weighted by Crippen LogP contribution is -2.51. The van der Waals surface area contributed by atoms with Gasteiger partial charge in [-0.25, -0.2) is 23.5 Å². The third-order valence-corrected chi connectivity index (χ3v) is 14.0. The van der Waals surface area contributed by atoms with Crippen LogP contribution in [-0.4, -0.2) is 85.8 Å². The fraction of sp³-hybridized carbons (Fsp3) is 0.529. The molecule has 0 spiro atoms. The van der Waals surface area contributed by atoms with Gasteiger partial charge < -0.3 is 40.0 Å². The molecule has 3 aliphatic heterocycles. The van der Waals surface area contributed by atoms with E-state index in [1.807, 2.05) is 39.8 Å². The number of ether oxygens (including phenoxy) is 1. The number of H-pyrrole nitrogens is 2. The minimum atomic E-state index is -0.804. The molecule has 3 saturated heterocycles. The molecule has 6 atom stereocenters. The molecule has 0 aliphatic carbocycles. The van der Waals surface area contributed by atoms with E-state index in [0.717, 1.165) is 35.2 Å². The summed E-state index contributed by atoms with van der Waals surface area (Å²) in [5.74, 6) is -0.929. The van der Waals surface area contributed by atoms with Crippen LogP contribution in [0.25, 0.3) is 22.1 Å². The maximum absolute atomic E-state index is 16.5. The van der Waals surface area contributed by atoms with Crippen LogP contribution in [0.5, 0.6) is 0 Å². The van der Waals surface area contributed by atoms with E-state index in [1.54, 1.807) is 28.9 Å². The summed E-state index contributed by atoms with van der Waals surface area (Å²) in [6.45, 7) is 16.7. The van der Waals surface area contributed by atoms with Crippen LogP contribution in [0.2, 0.25) is 0 Å². The van der Waals surface area contributed by atoms with Gasteiger partial charge in [0, 0.05) is 25.2 Å². The number of halogens is 2. The lowest BCUT2D eigenvalue weighted by Gasteiger charge is -2.34. The zero-order valence-corrected chi connectivity index (χ0v) is 40.1. The first-order valence-electron chi connectivity index (χ1n) is 23.9. The monoisotopic (exact) mass is 922 g/mol. The van der Waals surface area contributed by atoms with Crippen molar-refractivity contribution in [2.75, 3.05) is 25.1 Å². The van der Waals surface area contributed by atoms with Crippen molar-refractivity contribution >= 4 is 51.6 Å². The summed E-state index contributed by atoms with van der Waals surface area (Å²) < 4.78 is 37.7. The molecule has 4 amide bonds. The summed E-state index contributed by atoms with van der Waals surface area (Å²) in [5.41, 5.74) is 4.85. The topological polar surface area (TPSA) is 169 Å². The molecule has 3 aliphatic rings. The third kappa shape index (κ3) is 9.32. The van der Waals surface area contributed by atoms with Crippen molar-refractivity contribution in [3.05, 3.63) is 88.5 Å². The second-order valence-electron chi connectivity index (χ2n) is 20.2. The minimum Gasteiger partial charge on any atom is -0.453 e. The number of fused-ring (bicyclic) bond motifs is 2. The predicted octanol–water partition coefficient (Wildman–Crippen LogP) is 9.36. The van der Waals surface area contributed by atoms with E-state index >= 15 is 8.78 Å². The van der Waals surface area contributed by atoms with Crippen LogP contribution >= 0.6 is 0 Å². The Morgan fingerprint density at radius 3 is 1.60 bits per heavy atom. The molecule has 5 aromatic rings. The zero-order chi connectivity index (χ0) is 48.1. The molecule has 67 heavy (non-hydrogen) atoms. The zero-order valence-electron chi connectivity index (χ0n) is 40.1. The van der Waals surface area contributed by atoms with Crippen LogP contribution in [0, 0.1) is 23.5 Å². The number of methoxy groups -OCH3 is 1. The van der Waals surface area contributed by atoms with Crippen molar-refractivity contribution in [2.45, 2.75) is 142 Å². The maximum atomic E-state index is 16.5. The maximum Gasteiger partial charge on any atom is 0.407 e. The number of hydrogen-bond acceptors (Lipinski definition) is 8. The first-order chi connectivity index (χ1) is 31.9. The van der Waals surface area contributed by atoms with Gasteiger partial charge in [0.15, 0.2) is 11.6 Å². The lowest BCUT2D eigenvalue weighted by molar-refractivity contribution is -0.138. The summed E-state index contributed by atoms with van der Waals surface area (Å²) in [4.78, 5) is 74.3. The number of amides is 4. The second-order valence-corrected chi connectivity index (χ2v) is 20.2. The molecular formula is C51H65F2N9O5. The predicted molar refractivity (Wildman–Crippen MR) is 253 cm³/mol. The van der Waals surface area contributed by atoms with Gasteiger partial charge in [-0.1, -0.05) is 67.5 Å². The molecule has 0 radical (unpaired) electrons. The molecule has 3 fully saturated rings. The third-order valence-electron chi connectivity index (χ3n) is 14.0. The van der Waals surface area contributed by atoms with E-state index in [4.69, 9.17) is 14.7 Å². The van der Waals surface area contributed by atoms with E-state index < -0.39 is 41.9 Å². The van der Waals surface area contributed by atoms with Gasteiger partial charge in [-0.15, -0.1) is 0 Å². The van der Waals surface area contributed by atoms with Gasteiger partial charge in [0.25, 0.3) is 0 Å². The summed E-state index contributed by atoms with van der Waals surface area (Å²) in [6, 6.07) is 12.5. The van der Waals surface area contributed by atoms with E-state index in [9.17, 15) is 19.2 Å². The fourth-order valence-corrected chi connectivity index (χ4v) is 10.4. The highest BCUT2D eigenvalue weighted by Crippen LogP contribution is 2.49. The number of rotatable bonds is 12. The lowest BCUT2D eigenvalue weighted by atomic mass is 9.87.